The Morgan fingerprint density at radius 2 is 2.09 bits per heavy atom. The van der Waals surface area contributed by atoms with Gasteiger partial charge in [0.15, 0.2) is 6.23 Å². The molecular weight excluding hydrogens is 302 g/mol. The quantitative estimate of drug-likeness (QED) is 0.292. The van der Waals surface area contributed by atoms with Crippen molar-refractivity contribution in [1.82, 2.24) is 10.4 Å². The van der Waals surface area contributed by atoms with Gasteiger partial charge in [0.2, 0.25) is 0 Å². The fourth-order valence-electron chi connectivity index (χ4n) is 2.35. The molecule has 5 N–H and O–H groups in total. The zero-order chi connectivity index (χ0) is 17.1. The minimum atomic E-state index is -1.01. The van der Waals surface area contributed by atoms with Crippen LogP contribution in [0, 0.1) is 0 Å². The van der Waals surface area contributed by atoms with Crippen LogP contribution < -0.4 is 11.1 Å². The highest BCUT2D eigenvalue weighted by Gasteiger charge is 2.32. The molecule has 8 heteroatoms. The fraction of sp³-hybridized carbons (Fsp3) is 0.867. The van der Waals surface area contributed by atoms with E-state index >= 15 is 0 Å². The van der Waals surface area contributed by atoms with Gasteiger partial charge >= 0.3 is 5.97 Å². The van der Waals surface area contributed by atoms with Crippen molar-refractivity contribution in [3.63, 3.8) is 0 Å². The van der Waals surface area contributed by atoms with Gasteiger partial charge in [-0.2, -0.15) is 0 Å². The number of hydrogen-bond donors (Lipinski definition) is 4. The molecule has 134 valence electrons. The van der Waals surface area contributed by atoms with Crippen molar-refractivity contribution in [2.24, 2.45) is 5.73 Å². The maximum atomic E-state index is 11.6. The highest BCUT2D eigenvalue weighted by molar-refractivity contribution is 5.79. The van der Waals surface area contributed by atoms with E-state index in [1.54, 1.807) is 0 Å². The third-order valence-corrected chi connectivity index (χ3v) is 3.70. The molecule has 0 aliphatic carbocycles. The van der Waals surface area contributed by atoms with Gasteiger partial charge < -0.3 is 20.8 Å². The third-order valence-electron chi connectivity index (χ3n) is 3.70. The smallest absolute Gasteiger partial charge is 0.332 e. The molecule has 0 saturated carbocycles. The average Bonchev–Trinajstić information content (AvgIpc) is 2.83. The Kier molecular flexibility index (Phi) is 9.77. The van der Waals surface area contributed by atoms with Gasteiger partial charge in [-0.05, 0) is 38.8 Å². The predicted molar refractivity (Wildman–Crippen MR) is 83.6 cm³/mol. The summed E-state index contributed by atoms with van der Waals surface area (Å²) in [6.07, 6.45) is 4.00. The van der Waals surface area contributed by atoms with Crippen molar-refractivity contribution < 1.29 is 24.6 Å². The highest BCUT2D eigenvalue weighted by atomic mass is 16.7. The lowest BCUT2D eigenvalue weighted by atomic mass is 10.1. The number of nitrogens with two attached hydrogens (primary N) is 1. The first-order valence-corrected chi connectivity index (χ1v) is 8.37. The molecule has 2 unspecified atom stereocenters. The van der Waals surface area contributed by atoms with Crippen molar-refractivity contribution in [1.29, 1.82) is 0 Å². The molecule has 0 bridgehead atoms. The van der Waals surface area contributed by atoms with Crippen molar-refractivity contribution >= 4 is 11.9 Å². The van der Waals surface area contributed by atoms with E-state index in [4.69, 9.17) is 10.6 Å². The van der Waals surface area contributed by atoms with Gasteiger partial charge in [0, 0.05) is 19.3 Å². The largest absolute Gasteiger partial charge is 0.379 e. The van der Waals surface area contributed by atoms with E-state index in [2.05, 4.69) is 5.32 Å². The van der Waals surface area contributed by atoms with Crippen LogP contribution in [0.15, 0.2) is 0 Å². The number of aliphatic hydroxyl groups excluding tert-OH is 2. The monoisotopic (exact) mass is 331 g/mol. The normalized spacial score (nSPS) is 19.2. The molecule has 1 saturated heterocycles. The van der Waals surface area contributed by atoms with Gasteiger partial charge in [-0.3, -0.25) is 10.1 Å². The first kappa shape index (κ1) is 19.8. The molecule has 23 heavy (non-hydrogen) atoms. The van der Waals surface area contributed by atoms with Gasteiger partial charge in [0.05, 0.1) is 0 Å². The van der Waals surface area contributed by atoms with Crippen LogP contribution in [0.25, 0.3) is 0 Å². The lowest BCUT2D eigenvalue weighted by Crippen LogP contribution is -2.35. The number of rotatable bonds is 12. The van der Waals surface area contributed by atoms with Gasteiger partial charge in [0.25, 0.3) is 5.91 Å². The van der Waals surface area contributed by atoms with Gasteiger partial charge in [-0.15, -0.1) is 5.06 Å². The molecule has 1 aliphatic rings. The summed E-state index contributed by atoms with van der Waals surface area (Å²) in [5, 5.41) is 22.9. The highest BCUT2D eigenvalue weighted by Crippen LogP contribution is 2.17. The van der Waals surface area contributed by atoms with Crippen LogP contribution in [0.4, 0.5) is 0 Å². The van der Waals surface area contributed by atoms with Crippen LogP contribution >= 0.6 is 0 Å². The first-order valence-electron chi connectivity index (χ1n) is 8.37. The van der Waals surface area contributed by atoms with E-state index in [0.717, 1.165) is 30.7 Å². The Hall–Kier alpha value is -1.22. The van der Waals surface area contributed by atoms with Crippen molar-refractivity contribution in [3.8, 4) is 0 Å². The number of hydrogen-bond acceptors (Lipinski definition) is 7. The number of carbonyl (C=O) groups excluding carboxylic acids is 2. The summed E-state index contributed by atoms with van der Waals surface area (Å²) < 4.78 is 0. The van der Waals surface area contributed by atoms with Gasteiger partial charge in [0.1, 0.15) is 6.23 Å². The van der Waals surface area contributed by atoms with E-state index in [-0.39, 0.29) is 18.7 Å². The molecule has 1 rings (SSSR count). The number of nitrogens with one attached hydrogen (secondary N) is 1. The second-order valence-electron chi connectivity index (χ2n) is 5.77. The molecule has 0 aromatic heterocycles. The summed E-state index contributed by atoms with van der Waals surface area (Å²) in [5.74, 6) is -0.857. The molecule has 1 aliphatic heterocycles. The fourth-order valence-corrected chi connectivity index (χ4v) is 2.35. The van der Waals surface area contributed by atoms with E-state index in [1.807, 2.05) is 0 Å². The maximum Gasteiger partial charge on any atom is 0.332 e. The van der Waals surface area contributed by atoms with Crippen LogP contribution in [-0.2, 0) is 14.4 Å². The Labute approximate surface area is 136 Å². The summed E-state index contributed by atoms with van der Waals surface area (Å²) in [4.78, 5) is 27.8. The Bertz CT molecular complexity index is 367. The number of hydroxylamine groups is 2. The van der Waals surface area contributed by atoms with Crippen molar-refractivity contribution in [3.05, 3.63) is 0 Å². The molecular formula is C15H29N3O5. The number of aliphatic hydroxyl groups is 2. The van der Waals surface area contributed by atoms with E-state index < -0.39 is 18.4 Å². The van der Waals surface area contributed by atoms with Crippen LogP contribution in [0.5, 0.6) is 0 Å². The summed E-state index contributed by atoms with van der Waals surface area (Å²) in [6, 6.07) is 0. The first-order chi connectivity index (χ1) is 11.0. The second-order valence-corrected chi connectivity index (χ2v) is 5.77. The molecule has 8 nitrogen and oxygen atoms in total. The zero-order valence-corrected chi connectivity index (χ0v) is 13.6. The predicted octanol–water partition coefficient (Wildman–Crippen LogP) is -0.0172. The Morgan fingerprint density at radius 1 is 1.35 bits per heavy atom. The lowest BCUT2D eigenvalue weighted by Gasteiger charge is -2.18. The molecule has 1 amide bonds. The van der Waals surface area contributed by atoms with Crippen LogP contribution in [0.1, 0.15) is 57.8 Å². The number of nitrogens with zero attached hydrogens (tertiary/aromatic N) is 1. The molecule has 0 spiro atoms. The number of amides is 1. The SMILES string of the molecule is NCCCNC(O)CCCCCCC(=O)ON1C(=O)CCC1O. The van der Waals surface area contributed by atoms with Crippen LogP contribution in [0.2, 0.25) is 0 Å². The second kappa shape index (κ2) is 11.3. The minimum Gasteiger partial charge on any atom is -0.379 e. The lowest BCUT2D eigenvalue weighted by molar-refractivity contribution is -0.220. The Balaban J connectivity index is 1.98. The van der Waals surface area contributed by atoms with Crippen LogP contribution in [0.3, 0.4) is 0 Å². The molecule has 1 heterocycles. The standard InChI is InChI=1S/C15H29N3O5/c16-10-5-11-17-12(19)6-3-1-2-4-7-15(22)23-18-13(20)8-9-14(18)21/h12-13,17,19-20H,1-11,16H2. The summed E-state index contributed by atoms with van der Waals surface area (Å²) in [7, 11) is 0. The average molecular weight is 331 g/mol. The van der Waals surface area contributed by atoms with E-state index in [1.165, 1.54) is 0 Å². The summed E-state index contributed by atoms with van der Waals surface area (Å²) in [5.41, 5.74) is 5.37. The molecule has 0 aromatic carbocycles. The molecule has 0 aromatic rings. The molecule has 2 atom stereocenters. The Morgan fingerprint density at radius 3 is 2.74 bits per heavy atom. The topological polar surface area (TPSA) is 125 Å². The van der Waals surface area contributed by atoms with E-state index in [9.17, 15) is 19.8 Å². The minimum absolute atomic E-state index is 0.204. The number of carbonyl (C=O) groups is 2. The summed E-state index contributed by atoms with van der Waals surface area (Å²) in [6.45, 7) is 1.32. The van der Waals surface area contributed by atoms with Crippen molar-refractivity contribution in [2.45, 2.75) is 70.2 Å². The third kappa shape index (κ3) is 8.26. The van der Waals surface area contributed by atoms with E-state index in [0.29, 0.717) is 32.4 Å². The molecule has 0 radical (unpaired) electrons. The van der Waals surface area contributed by atoms with Gasteiger partial charge in [-0.1, -0.05) is 12.8 Å². The molecule has 1 fully saturated rings. The van der Waals surface area contributed by atoms with Crippen molar-refractivity contribution in [2.75, 3.05) is 13.1 Å². The van der Waals surface area contributed by atoms with Gasteiger partial charge in [-0.25, -0.2) is 4.79 Å². The van der Waals surface area contributed by atoms with Crippen LogP contribution in [-0.4, -0.2) is 52.7 Å². The maximum absolute atomic E-state index is 11.6. The summed E-state index contributed by atoms with van der Waals surface area (Å²) >= 11 is 0. The number of unbranched alkanes of at least 4 members (excludes halogenated alkanes) is 3. The zero-order valence-electron chi connectivity index (χ0n) is 13.6.